The van der Waals surface area contributed by atoms with E-state index >= 15 is 0 Å². The molecule has 1 heterocycles. The van der Waals surface area contributed by atoms with Crippen molar-refractivity contribution in [1.29, 1.82) is 0 Å². The summed E-state index contributed by atoms with van der Waals surface area (Å²) in [7, 11) is 0. The van der Waals surface area contributed by atoms with Gasteiger partial charge in [-0.2, -0.15) is 4.98 Å². The summed E-state index contributed by atoms with van der Waals surface area (Å²) < 4.78 is 0. The maximum atomic E-state index is 6.21. The van der Waals surface area contributed by atoms with E-state index in [0.717, 1.165) is 5.69 Å². The molecular weight excluding hydrogens is 331 g/mol. The molecule has 1 aliphatic rings. The van der Waals surface area contributed by atoms with Crippen molar-refractivity contribution in [2.45, 2.75) is 45.1 Å². The Kier molecular flexibility index (Phi) is 5.23. The highest BCUT2D eigenvalue weighted by Gasteiger charge is 2.15. The van der Waals surface area contributed by atoms with Gasteiger partial charge in [-0.1, -0.05) is 48.5 Å². The number of nitrogens with one attached hydrogen (secondary N) is 2. The number of benzene rings is 1. The van der Waals surface area contributed by atoms with Crippen LogP contribution in [0.5, 0.6) is 0 Å². The van der Waals surface area contributed by atoms with Crippen molar-refractivity contribution in [3.05, 3.63) is 40.0 Å². The molecule has 0 radical (unpaired) electrons. The number of nitrogens with zero attached hydrogens (tertiary/aromatic N) is 2. The van der Waals surface area contributed by atoms with E-state index in [-0.39, 0.29) is 0 Å². The second-order valence-corrected chi connectivity index (χ2v) is 6.73. The van der Waals surface area contributed by atoms with Gasteiger partial charge in [0.05, 0.1) is 15.7 Å². The van der Waals surface area contributed by atoms with Crippen molar-refractivity contribution < 1.29 is 0 Å². The van der Waals surface area contributed by atoms with Gasteiger partial charge in [0, 0.05) is 17.8 Å². The summed E-state index contributed by atoms with van der Waals surface area (Å²) in [6, 6.07) is 7.75. The van der Waals surface area contributed by atoms with Crippen LogP contribution in [0.3, 0.4) is 0 Å². The van der Waals surface area contributed by atoms with E-state index in [9.17, 15) is 0 Å². The van der Waals surface area contributed by atoms with Crippen LogP contribution >= 0.6 is 23.2 Å². The lowest BCUT2D eigenvalue weighted by Gasteiger charge is -2.23. The third kappa shape index (κ3) is 4.27. The molecule has 23 heavy (non-hydrogen) atoms. The quantitative estimate of drug-likeness (QED) is 0.755. The van der Waals surface area contributed by atoms with Crippen LogP contribution in [0.2, 0.25) is 10.0 Å². The van der Waals surface area contributed by atoms with Crippen molar-refractivity contribution >= 4 is 40.7 Å². The van der Waals surface area contributed by atoms with Gasteiger partial charge in [0.25, 0.3) is 0 Å². The molecule has 2 N–H and O–H groups in total. The zero-order chi connectivity index (χ0) is 16.2. The van der Waals surface area contributed by atoms with E-state index < -0.39 is 0 Å². The van der Waals surface area contributed by atoms with Crippen LogP contribution in [0.25, 0.3) is 0 Å². The summed E-state index contributed by atoms with van der Waals surface area (Å²) in [6.45, 7) is 1.95. The second kappa shape index (κ2) is 7.37. The van der Waals surface area contributed by atoms with Crippen molar-refractivity contribution in [3.63, 3.8) is 0 Å². The lowest BCUT2D eigenvalue weighted by molar-refractivity contribution is 0.461. The van der Waals surface area contributed by atoms with Crippen LogP contribution in [0, 0.1) is 6.92 Å². The number of halogens is 2. The zero-order valence-electron chi connectivity index (χ0n) is 13.1. The molecule has 1 saturated carbocycles. The number of rotatable bonds is 4. The minimum atomic E-state index is 0.460. The average Bonchev–Trinajstić information content (AvgIpc) is 2.51. The molecule has 1 aliphatic carbocycles. The second-order valence-electron chi connectivity index (χ2n) is 5.92. The van der Waals surface area contributed by atoms with Crippen LogP contribution < -0.4 is 10.6 Å². The maximum Gasteiger partial charge on any atom is 0.225 e. The molecular formula is C17H20Cl2N4. The Morgan fingerprint density at radius 3 is 2.43 bits per heavy atom. The number of aromatic nitrogens is 2. The fourth-order valence-electron chi connectivity index (χ4n) is 2.87. The van der Waals surface area contributed by atoms with Crippen molar-refractivity contribution in [2.24, 2.45) is 0 Å². The van der Waals surface area contributed by atoms with Crippen LogP contribution in [0.1, 0.15) is 37.8 Å². The first-order valence-electron chi connectivity index (χ1n) is 7.95. The number of para-hydroxylation sites is 1. The molecule has 2 aromatic rings. The van der Waals surface area contributed by atoms with Crippen molar-refractivity contribution in [1.82, 2.24) is 9.97 Å². The Hall–Kier alpha value is -1.52. The van der Waals surface area contributed by atoms with Gasteiger partial charge in [0.15, 0.2) is 0 Å². The van der Waals surface area contributed by atoms with E-state index in [1.54, 1.807) is 12.1 Å². The average molecular weight is 351 g/mol. The molecule has 122 valence electrons. The normalized spacial score (nSPS) is 15.4. The summed E-state index contributed by atoms with van der Waals surface area (Å²) in [5, 5.41) is 7.78. The standard InChI is InChI=1S/C17H20Cl2N4/c1-11-10-15(22-16-13(18)8-5-9-14(16)19)23-17(20-11)21-12-6-3-2-4-7-12/h5,8-10,12H,2-4,6-7H2,1H3,(H2,20,21,22,23). The lowest BCUT2D eigenvalue weighted by atomic mass is 9.96. The summed E-state index contributed by atoms with van der Waals surface area (Å²) in [6.07, 6.45) is 6.21. The molecule has 4 nitrogen and oxygen atoms in total. The molecule has 0 aliphatic heterocycles. The Bertz CT molecular complexity index is 664. The Balaban J connectivity index is 1.80. The highest BCUT2D eigenvalue weighted by atomic mass is 35.5. The van der Waals surface area contributed by atoms with Crippen LogP contribution in [0.15, 0.2) is 24.3 Å². The van der Waals surface area contributed by atoms with Gasteiger partial charge < -0.3 is 10.6 Å². The number of hydrogen-bond donors (Lipinski definition) is 2. The Labute approximate surface area is 146 Å². The summed E-state index contributed by atoms with van der Waals surface area (Å²) in [5.41, 5.74) is 1.56. The molecule has 1 aromatic heterocycles. The van der Waals surface area contributed by atoms with Gasteiger partial charge in [-0.25, -0.2) is 4.98 Å². The smallest absolute Gasteiger partial charge is 0.225 e. The molecule has 6 heteroatoms. The SMILES string of the molecule is Cc1cc(Nc2c(Cl)cccc2Cl)nc(NC2CCCCC2)n1. The molecule has 0 atom stereocenters. The van der Waals surface area contributed by atoms with Crippen molar-refractivity contribution in [2.75, 3.05) is 10.6 Å². The first-order valence-corrected chi connectivity index (χ1v) is 8.70. The highest BCUT2D eigenvalue weighted by molar-refractivity contribution is 6.39. The highest BCUT2D eigenvalue weighted by Crippen LogP contribution is 2.32. The zero-order valence-corrected chi connectivity index (χ0v) is 14.6. The van der Waals surface area contributed by atoms with Crippen molar-refractivity contribution in [3.8, 4) is 0 Å². The fraction of sp³-hybridized carbons (Fsp3) is 0.412. The molecule has 1 aromatic carbocycles. The summed E-state index contributed by atoms with van der Waals surface area (Å²) >= 11 is 12.4. The number of aryl methyl sites for hydroxylation is 1. The molecule has 3 rings (SSSR count). The van der Waals surface area contributed by atoms with E-state index in [1.165, 1.54) is 32.1 Å². The van der Waals surface area contributed by atoms with Crippen LogP contribution in [0.4, 0.5) is 17.5 Å². The molecule has 0 amide bonds. The molecule has 1 fully saturated rings. The Morgan fingerprint density at radius 1 is 1.04 bits per heavy atom. The van der Waals surface area contributed by atoms with E-state index in [1.807, 2.05) is 19.1 Å². The minimum absolute atomic E-state index is 0.460. The first kappa shape index (κ1) is 16.3. The van der Waals surface area contributed by atoms with Crippen LogP contribution in [-0.4, -0.2) is 16.0 Å². The third-order valence-electron chi connectivity index (χ3n) is 4.01. The maximum absolute atomic E-state index is 6.21. The van der Waals surface area contributed by atoms with Gasteiger partial charge in [-0.3, -0.25) is 0 Å². The third-order valence-corrected chi connectivity index (χ3v) is 4.64. The Morgan fingerprint density at radius 2 is 1.74 bits per heavy atom. The van der Waals surface area contributed by atoms with E-state index in [4.69, 9.17) is 23.2 Å². The largest absolute Gasteiger partial charge is 0.351 e. The first-order chi connectivity index (χ1) is 11.1. The van der Waals surface area contributed by atoms with E-state index in [0.29, 0.717) is 33.5 Å². The minimum Gasteiger partial charge on any atom is -0.351 e. The van der Waals surface area contributed by atoms with Gasteiger partial charge >= 0.3 is 0 Å². The topological polar surface area (TPSA) is 49.8 Å². The predicted molar refractivity (Wildman–Crippen MR) is 97.0 cm³/mol. The molecule has 0 spiro atoms. The van der Waals surface area contributed by atoms with Gasteiger partial charge in [-0.05, 0) is 31.9 Å². The number of anilines is 3. The van der Waals surface area contributed by atoms with Gasteiger partial charge in [0.1, 0.15) is 5.82 Å². The fourth-order valence-corrected chi connectivity index (χ4v) is 3.36. The number of hydrogen-bond acceptors (Lipinski definition) is 4. The summed E-state index contributed by atoms with van der Waals surface area (Å²) in [5.74, 6) is 1.34. The predicted octanol–water partition coefficient (Wildman–Crippen LogP) is 5.58. The van der Waals surface area contributed by atoms with Gasteiger partial charge in [-0.15, -0.1) is 0 Å². The van der Waals surface area contributed by atoms with Crippen LogP contribution in [-0.2, 0) is 0 Å². The molecule has 0 unspecified atom stereocenters. The summed E-state index contributed by atoms with van der Waals surface area (Å²) in [4.78, 5) is 9.04. The lowest BCUT2D eigenvalue weighted by Crippen LogP contribution is -2.23. The molecule has 0 bridgehead atoms. The van der Waals surface area contributed by atoms with E-state index in [2.05, 4.69) is 20.6 Å². The monoisotopic (exact) mass is 350 g/mol. The van der Waals surface area contributed by atoms with Gasteiger partial charge in [0.2, 0.25) is 5.95 Å². The molecule has 0 saturated heterocycles.